The molecule has 2 aromatic rings. The van der Waals surface area contributed by atoms with Crippen molar-refractivity contribution in [3.8, 4) is 5.69 Å². The molecule has 4 aliphatic rings. The van der Waals surface area contributed by atoms with Crippen molar-refractivity contribution in [1.29, 1.82) is 0 Å². The lowest BCUT2D eigenvalue weighted by molar-refractivity contribution is -0.122. The molecule has 1 aromatic carbocycles. The van der Waals surface area contributed by atoms with E-state index >= 15 is 0 Å². The van der Waals surface area contributed by atoms with Crippen molar-refractivity contribution < 1.29 is 4.79 Å². The largest absolute Gasteiger partial charge is 0.352 e. The fraction of sp³-hybridized carbons (Fsp3) is 0.579. The van der Waals surface area contributed by atoms with Crippen molar-refractivity contribution in [2.24, 2.45) is 23.7 Å². The molecule has 4 saturated carbocycles. The minimum Gasteiger partial charge on any atom is -0.352 e. The van der Waals surface area contributed by atoms with E-state index in [-0.39, 0.29) is 5.91 Å². The Morgan fingerprint density at radius 1 is 1.11 bits per heavy atom. The van der Waals surface area contributed by atoms with Gasteiger partial charge in [0.1, 0.15) is 0 Å². The fourth-order valence-corrected chi connectivity index (χ4v) is 6.36. The molecule has 1 amide bonds. The minimum atomic E-state index is 0.0862. The third-order valence-corrected chi connectivity index (χ3v) is 7.57. The lowest BCUT2D eigenvalue weighted by Gasteiger charge is -2.54. The number of carbonyl (C=O) groups is 1. The molecule has 6 nitrogen and oxygen atoms in total. The summed E-state index contributed by atoms with van der Waals surface area (Å²) in [5.41, 5.74) is 0.827. The summed E-state index contributed by atoms with van der Waals surface area (Å²) in [5, 5.41) is 16.4. The molecule has 4 bridgehead atoms. The van der Waals surface area contributed by atoms with Crippen LogP contribution in [-0.2, 0) is 4.79 Å². The van der Waals surface area contributed by atoms with Crippen LogP contribution in [0.3, 0.4) is 0 Å². The van der Waals surface area contributed by atoms with E-state index in [0.29, 0.717) is 33.8 Å². The van der Waals surface area contributed by atoms with E-state index < -0.39 is 0 Å². The van der Waals surface area contributed by atoms with Crippen LogP contribution in [0.15, 0.2) is 29.4 Å². The van der Waals surface area contributed by atoms with Crippen LogP contribution in [0.4, 0.5) is 0 Å². The molecule has 27 heavy (non-hydrogen) atoms. The van der Waals surface area contributed by atoms with Crippen LogP contribution in [0.25, 0.3) is 5.69 Å². The van der Waals surface area contributed by atoms with Gasteiger partial charge in [0.25, 0.3) is 0 Å². The van der Waals surface area contributed by atoms with Gasteiger partial charge >= 0.3 is 0 Å². The summed E-state index contributed by atoms with van der Waals surface area (Å²) in [4.78, 5) is 12.6. The number of carbonyl (C=O) groups excluding carboxylic acids is 1. The Morgan fingerprint density at radius 3 is 2.44 bits per heavy atom. The first kappa shape index (κ1) is 17.5. The highest BCUT2D eigenvalue weighted by Crippen LogP contribution is 2.53. The fourth-order valence-electron chi connectivity index (χ4n) is 5.53. The average molecular weight is 404 g/mol. The highest BCUT2D eigenvalue weighted by Gasteiger charge is 2.48. The number of thioether (sulfide) groups is 1. The van der Waals surface area contributed by atoms with Crippen molar-refractivity contribution >= 4 is 29.3 Å². The van der Waals surface area contributed by atoms with Gasteiger partial charge in [-0.05, 0) is 90.5 Å². The molecule has 1 heterocycles. The van der Waals surface area contributed by atoms with Crippen LogP contribution in [0.1, 0.15) is 32.1 Å². The third kappa shape index (κ3) is 3.47. The molecular weight excluding hydrogens is 382 g/mol. The molecular formula is C19H22ClN5OS. The number of aromatic nitrogens is 4. The number of nitrogens with one attached hydrogen (secondary N) is 1. The first-order valence-corrected chi connectivity index (χ1v) is 11.0. The van der Waals surface area contributed by atoms with Gasteiger partial charge in [0.2, 0.25) is 11.1 Å². The quantitative estimate of drug-likeness (QED) is 0.775. The van der Waals surface area contributed by atoms with Gasteiger partial charge in [0, 0.05) is 11.1 Å². The van der Waals surface area contributed by atoms with Gasteiger partial charge in [-0.1, -0.05) is 23.4 Å². The van der Waals surface area contributed by atoms with Gasteiger partial charge in [-0.3, -0.25) is 4.79 Å². The molecule has 4 fully saturated rings. The van der Waals surface area contributed by atoms with E-state index in [1.807, 2.05) is 12.1 Å². The summed E-state index contributed by atoms with van der Waals surface area (Å²) in [6, 6.07) is 7.69. The Kier molecular flexibility index (Phi) is 4.60. The SMILES string of the molecule is O=C(CSc1nnnn1-c1ccc(Cl)cc1)NC1C2CC3CC(C2)CC1C3. The summed E-state index contributed by atoms with van der Waals surface area (Å²) in [7, 11) is 0. The molecule has 0 aliphatic heterocycles. The second-order valence-electron chi connectivity index (χ2n) is 8.16. The van der Waals surface area contributed by atoms with E-state index in [4.69, 9.17) is 11.6 Å². The lowest BCUT2D eigenvalue weighted by atomic mass is 9.54. The standard InChI is InChI=1S/C19H22ClN5OS/c20-15-1-3-16(4-2-15)25-19(22-23-24-25)27-10-17(26)21-18-13-6-11-5-12(8-13)9-14(18)7-11/h1-4,11-14,18H,5-10H2,(H,21,26). The second-order valence-corrected chi connectivity index (χ2v) is 9.54. The topological polar surface area (TPSA) is 72.7 Å². The number of hydrogen-bond donors (Lipinski definition) is 1. The molecule has 4 aliphatic carbocycles. The zero-order valence-corrected chi connectivity index (χ0v) is 16.5. The second kappa shape index (κ2) is 7.09. The van der Waals surface area contributed by atoms with Crippen LogP contribution >= 0.6 is 23.4 Å². The molecule has 1 N–H and O–H groups in total. The molecule has 8 heteroatoms. The summed E-state index contributed by atoms with van der Waals surface area (Å²) in [6.07, 6.45) is 6.65. The van der Waals surface area contributed by atoms with E-state index in [2.05, 4.69) is 20.8 Å². The smallest absolute Gasteiger partial charge is 0.230 e. The average Bonchev–Trinajstić information content (AvgIpc) is 3.11. The summed E-state index contributed by atoms with van der Waals surface area (Å²) >= 11 is 7.31. The molecule has 1 aromatic heterocycles. The first-order chi connectivity index (χ1) is 13.2. The van der Waals surface area contributed by atoms with Crippen molar-refractivity contribution in [2.75, 3.05) is 5.75 Å². The Bertz CT molecular complexity index is 811. The Morgan fingerprint density at radius 2 is 1.78 bits per heavy atom. The molecule has 142 valence electrons. The van der Waals surface area contributed by atoms with E-state index in [9.17, 15) is 4.79 Å². The Labute approximate surface area is 167 Å². The summed E-state index contributed by atoms with van der Waals surface area (Å²) in [6.45, 7) is 0. The van der Waals surface area contributed by atoms with Gasteiger partial charge < -0.3 is 5.32 Å². The van der Waals surface area contributed by atoms with Gasteiger partial charge in [-0.15, -0.1) is 5.10 Å². The first-order valence-electron chi connectivity index (χ1n) is 9.62. The van der Waals surface area contributed by atoms with E-state index in [1.54, 1.807) is 16.8 Å². The normalized spacial score (nSPS) is 31.2. The molecule has 0 saturated heterocycles. The van der Waals surface area contributed by atoms with Crippen LogP contribution in [-0.4, -0.2) is 37.9 Å². The maximum atomic E-state index is 12.6. The minimum absolute atomic E-state index is 0.0862. The maximum absolute atomic E-state index is 12.6. The predicted octanol–water partition coefficient (Wildman–Crippen LogP) is 3.35. The Hall–Kier alpha value is -1.60. The monoisotopic (exact) mass is 403 g/mol. The van der Waals surface area contributed by atoms with Gasteiger partial charge in [0.15, 0.2) is 0 Å². The van der Waals surface area contributed by atoms with Crippen molar-refractivity contribution in [1.82, 2.24) is 25.5 Å². The molecule has 0 unspecified atom stereocenters. The maximum Gasteiger partial charge on any atom is 0.230 e. The number of tetrazole rings is 1. The number of hydrogen-bond acceptors (Lipinski definition) is 5. The van der Waals surface area contributed by atoms with Gasteiger partial charge in [-0.2, -0.15) is 4.68 Å². The number of rotatable bonds is 5. The summed E-state index contributed by atoms with van der Waals surface area (Å²) in [5.74, 6) is 3.63. The number of halogens is 1. The molecule has 0 spiro atoms. The van der Waals surface area contributed by atoms with Crippen LogP contribution in [0, 0.1) is 23.7 Å². The van der Waals surface area contributed by atoms with Crippen LogP contribution in [0.5, 0.6) is 0 Å². The third-order valence-electron chi connectivity index (χ3n) is 6.40. The van der Waals surface area contributed by atoms with Crippen molar-refractivity contribution in [3.63, 3.8) is 0 Å². The number of amides is 1. The Balaban J connectivity index is 1.21. The molecule has 0 radical (unpaired) electrons. The number of nitrogens with zero attached hydrogens (tertiary/aromatic N) is 4. The zero-order valence-electron chi connectivity index (χ0n) is 14.9. The zero-order chi connectivity index (χ0) is 18.4. The van der Waals surface area contributed by atoms with E-state index in [1.165, 1.54) is 43.9 Å². The number of benzene rings is 1. The van der Waals surface area contributed by atoms with E-state index in [0.717, 1.165) is 17.5 Å². The van der Waals surface area contributed by atoms with Gasteiger partial charge in [-0.25, -0.2) is 0 Å². The lowest BCUT2D eigenvalue weighted by Crippen LogP contribution is -2.56. The van der Waals surface area contributed by atoms with Crippen LogP contribution in [0.2, 0.25) is 5.02 Å². The van der Waals surface area contributed by atoms with Crippen molar-refractivity contribution in [3.05, 3.63) is 29.3 Å². The highest BCUT2D eigenvalue weighted by molar-refractivity contribution is 7.99. The van der Waals surface area contributed by atoms with Crippen molar-refractivity contribution in [2.45, 2.75) is 43.3 Å². The van der Waals surface area contributed by atoms with Gasteiger partial charge in [0.05, 0.1) is 11.4 Å². The summed E-state index contributed by atoms with van der Waals surface area (Å²) < 4.78 is 1.64. The highest BCUT2D eigenvalue weighted by atomic mass is 35.5. The molecule has 6 rings (SSSR count). The van der Waals surface area contributed by atoms with Crippen LogP contribution < -0.4 is 5.32 Å². The predicted molar refractivity (Wildman–Crippen MR) is 104 cm³/mol. The molecule has 0 atom stereocenters.